The van der Waals surface area contributed by atoms with Gasteiger partial charge in [-0.2, -0.15) is 4.72 Å². The minimum atomic E-state index is -4.04. The molecule has 0 aliphatic heterocycles. The third-order valence-corrected chi connectivity index (χ3v) is 6.25. The number of nitrogens with zero attached hydrogens (tertiary/aromatic N) is 1. The number of ether oxygens (including phenoxy) is 1. The molecule has 1 aromatic heterocycles. The molecule has 2 aromatic carbocycles. The second-order valence-electron chi connectivity index (χ2n) is 9.01. The van der Waals surface area contributed by atoms with E-state index in [4.69, 9.17) is 10.5 Å². The number of pyridine rings is 1. The molecule has 10 heteroatoms. The van der Waals surface area contributed by atoms with Crippen molar-refractivity contribution in [1.29, 1.82) is 0 Å². The predicted octanol–water partition coefficient (Wildman–Crippen LogP) is 2.48. The molecule has 9 nitrogen and oxygen atoms in total. The fourth-order valence-corrected chi connectivity index (χ4v) is 4.27. The van der Waals surface area contributed by atoms with Crippen LogP contribution in [-0.2, 0) is 19.6 Å². The van der Waals surface area contributed by atoms with E-state index in [9.17, 15) is 18.0 Å². The van der Waals surface area contributed by atoms with Gasteiger partial charge >= 0.3 is 5.97 Å². The van der Waals surface area contributed by atoms with Crippen molar-refractivity contribution in [1.82, 2.24) is 15.0 Å². The topological polar surface area (TPSA) is 140 Å². The first-order chi connectivity index (χ1) is 17.4. The molecule has 37 heavy (non-hydrogen) atoms. The van der Waals surface area contributed by atoms with Crippen LogP contribution in [0.5, 0.6) is 0 Å². The number of rotatable bonds is 7. The predicted molar refractivity (Wildman–Crippen MR) is 140 cm³/mol. The molecule has 3 aromatic rings. The van der Waals surface area contributed by atoms with E-state index < -0.39 is 33.5 Å². The molecular weight excluding hydrogens is 492 g/mol. The number of esters is 1. The summed E-state index contributed by atoms with van der Waals surface area (Å²) in [4.78, 5) is 29.6. The Morgan fingerprint density at radius 3 is 2.27 bits per heavy atom. The van der Waals surface area contributed by atoms with Gasteiger partial charge in [-0.3, -0.25) is 9.59 Å². The van der Waals surface area contributed by atoms with Gasteiger partial charge in [0.05, 0.1) is 4.90 Å². The summed E-state index contributed by atoms with van der Waals surface area (Å²) in [6.45, 7) is 4.68. The van der Waals surface area contributed by atoms with Crippen LogP contribution in [0.4, 0.5) is 5.82 Å². The molecule has 4 N–H and O–H groups in total. The smallest absolute Gasteiger partial charge is 0.326 e. The van der Waals surface area contributed by atoms with Crippen molar-refractivity contribution in [2.24, 2.45) is 0 Å². The zero-order chi connectivity index (χ0) is 27.1. The average molecular weight is 521 g/mol. The highest BCUT2D eigenvalue weighted by Crippen LogP contribution is 2.12. The highest BCUT2D eigenvalue weighted by atomic mass is 32.2. The quantitative estimate of drug-likeness (QED) is 0.321. The fraction of sp³-hybridized carbons (Fsp3) is 0.222. The van der Waals surface area contributed by atoms with E-state index >= 15 is 0 Å². The Bertz CT molecular complexity index is 1420. The van der Waals surface area contributed by atoms with Crippen LogP contribution in [0.2, 0.25) is 0 Å². The van der Waals surface area contributed by atoms with E-state index in [1.165, 1.54) is 12.1 Å². The normalized spacial score (nSPS) is 12.1. The largest absolute Gasteiger partial charge is 0.459 e. The molecule has 0 bridgehead atoms. The van der Waals surface area contributed by atoms with Crippen molar-refractivity contribution in [2.75, 3.05) is 12.3 Å². The van der Waals surface area contributed by atoms with Gasteiger partial charge < -0.3 is 15.8 Å². The second-order valence-corrected chi connectivity index (χ2v) is 10.7. The highest BCUT2D eigenvalue weighted by molar-refractivity contribution is 7.89. The maximum absolute atomic E-state index is 12.8. The molecule has 1 atom stereocenters. The summed E-state index contributed by atoms with van der Waals surface area (Å²) in [5.74, 6) is 4.91. The molecule has 3 rings (SSSR count). The Morgan fingerprint density at radius 1 is 0.973 bits per heavy atom. The Hall–Kier alpha value is -4.20. The molecule has 1 unspecified atom stereocenters. The van der Waals surface area contributed by atoms with Crippen LogP contribution < -0.4 is 15.8 Å². The van der Waals surface area contributed by atoms with Gasteiger partial charge in [-0.25, -0.2) is 13.4 Å². The molecular formula is C27H28N4O5S. The number of aromatic nitrogens is 1. The van der Waals surface area contributed by atoms with E-state index in [-0.39, 0.29) is 11.4 Å². The first-order valence-electron chi connectivity index (χ1n) is 11.4. The van der Waals surface area contributed by atoms with Gasteiger partial charge in [-0.1, -0.05) is 30.2 Å². The number of amides is 1. The summed E-state index contributed by atoms with van der Waals surface area (Å²) in [5, 5.41) is 2.60. The van der Waals surface area contributed by atoms with E-state index in [1.54, 1.807) is 81.4 Å². The van der Waals surface area contributed by atoms with Gasteiger partial charge in [0, 0.05) is 17.7 Å². The first-order valence-corrected chi connectivity index (χ1v) is 12.8. The summed E-state index contributed by atoms with van der Waals surface area (Å²) in [5.41, 5.74) is 6.28. The standard InChI is InChI=1S/C27H28N4O5S/c1-27(2,3)36-26(33)23(31-37(34,35)22-9-5-4-6-10-22)18-29-25(32)20-15-12-19(13-16-20)14-17-21-8-7-11-24(28)30-21/h4-13,15-16,23,31H,18H2,1-3H3,(H2,28,30)(H,29,32). The number of hydrogen-bond donors (Lipinski definition) is 3. The molecule has 0 aliphatic rings. The van der Waals surface area contributed by atoms with E-state index in [2.05, 4.69) is 26.9 Å². The number of carbonyl (C=O) groups is 2. The van der Waals surface area contributed by atoms with Crippen molar-refractivity contribution in [3.05, 3.63) is 89.6 Å². The van der Waals surface area contributed by atoms with Gasteiger partial charge in [-0.15, -0.1) is 0 Å². The van der Waals surface area contributed by atoms with Crippen molar-refractivity contribution in [3.8, 4) is 11.8 Å². The monoisotopic (exact) mass is 520 g/mol. The van der Waals surface area contributed by atoms with Crippen molar-refractivity contribution in [2.45, 2.75) is 37.3 Å². The molecule has 0 saturated heterocycles. The third-order valence-electron chi connectivity index (χ3n) is 4.76. The zero-order valence-corrected chi connectivity index (χ0v) is 21.5. The number of carbonyl (C=O) groups excluding carboxylic acids is 2. The van der Waals surface area contributed by atoms with Gasteiger partial charge in [0.2, 0.25) is 10.0 Å². The Morgan fingerprint density at radius 2 is 1.65 bits per heavy atom. The van der Waals surface area contributed by atoms with E-state index in [0.717, 1.165) is 0 Å². The van der Waals surface area contributed by atoms with E-state index in [0.29, 0.717) is 22.6 Å². The molecule has 0 fully saturated rings. The maximum Gasteiger partial charge on any atom is 0.326 e. The SMILES string of the molecule is CC(C)(C)OC(=O)C(CNC(=O)c1ccc(C#Cc2cccc(N)n2)cc1)NS(=O)(=O)c1ccccc1. The zero-order valence-electron chi connectivity index (χ0n) is 20.7. The van der Waals surface area contributed by atoms with Crippen molar-refractivity contribution in [3.63, 3.8) is 0 Å². The minimum Gasteiger partial charge on any atom is -0.459 e. The second kappa shape index (κ2) is 11.7. The Kier molecular flexibility index (Phi) is 8.65. The van der Waals surface area contributed by atoms with Crippen LogP contribution in [-0.4, -0.2) is 43.5 Å². The highest BCUT2D eigenvalue weighted by Gasteiger charge is 2.30. The van der Waals surface area contributed by atoms with Gasteiger partial charge in [0.1, 0.15) is 23.2 Å². The van der Waals surface area contributed by atoms with Gasteiger partial charge in [-0.05, 0) is 75.2 Å². The molecule has 0 aliphatic carbocycles. The van der Waals surface area contributed by atoms with Crippen LogP contribution >= 0.6 is 0 Å². The number of nitrogens with one attached hydrogen (secondary N) is 2. The summed E-state index contributed by atoms with van der Waals surface area (Å²) in [6.07, 6.45) is 0. The van der Waals surface area contributed by atoms with Crippen LogP contribution in [0.3, 0.4) is 0 Å². The molecule has 1 heterocycles. The van der Waals surface area contributed by atoms with Crippen LogP contribution in [0, 0.1) is 11.8 Å². The lowest BCUT2D eigenvalue weighted by Crippen LogP contribution is -2.50. The van der Waals surface area contributed by atoms with Crippen molar-refractivity contribution >= 4 is 27.7 Å². The van der Waals surface area contributed by atoms with Crippen molar-refractivity contribution < 1.29 is 22.7 Å². The number of benzene rings is 2. The summed E-state index contributed by atoms with van der Waals surface area (Å²) < 4.78 is 33.3. The third kappa shape index (κ3) is 8.45. The Balaban J connectivity index is 1.70. The number of hydrogen-bond acceptors (Lipinski definition) is 7. The summed E-state index contributed by atoms with van der Waals surface area (Å²) >= 11 is 0. The van der Waals surface area contributed by atoms with Crippen LogP contribution in [0.25, 0.3) is 0 Å². The number of nitrogen functional groups attached to an aromatic ring is 1. The first kappa shape index (κ1) is 27.4. The molecule has 0 radical (unpaired) electrons. The minimum absolute atomic E-state index is 0.0139. The lowest BCUT2D eigenvalue weighted by Gasteiger charge is -2.24. The fourth-order valence-electron chi connectivity index (χ4n) is 3.06. The molecule has 0 saturated carbocycles. The molecule has 0 spiro atoms. The Labute approximate surface area is 216 Å². The van der Waals surface area contributed by atoms with Gasteiger partial charge in [0.15, 0.2) is 0 Å². The number of nitrogens with two attached hydrogens (primary N) is 1. The number of sulfonamides is 1. The average Bonchev–Trinajstić information content (AvgIpc) is 2.85. The van der Waals surface area contributed by atoms with Crippen LogP contribution in [0.15, 0.2) is 77.7 Å². The molecule has 192 valence electrons. The summed E-state index contributed by atoms with van der Waals surface area (Å²) in [6, 6.07) is 17.9. The van der Waals surface area contributed by atoms with E-state index in [1.807, 2.05) is 0 Å². The lowest BCUT2D eigenvalue weighted by atomic mass is 10.1. The maximum atomic E-state index is 12.8. The summed E-state index contributed by atoms with van der Waals surface area (Å²) in [7, 11) is -4.04. The number of anilines is 1. The lowest BCUT2D eigenvalue weighted by molar-refractivity contribution is -0.156. The van der Waals surface area contributed by atoms with Gasteiger partial charge in [0.25, 0.3) is 5.91 Å². The molecule has 1 amide bonds. The van der Waals surface area contributed by atoms with Crippen LogP contribution in [0.1, 0.15) is 42.4 Å².